The molecule has 1 aromatic heterocycles. The molecule has 3 nitrogen and oxygen atoms in total. The predicted molar refractivity (Wildman–Crippen MR) is 143 cm³/mol. The van der Waals surface area contributed by atoms with Crippen molar-refractivity contribution in [2.24, 2.45) is 0 Å². The van der Waals surface area contributed by atoms with E-state index in [1.54, 1.807) is 6.07 Å². The molecule has 0 unspecified atom stereocenters. The molecule has 0 saturated carbocycles. The molecule has 0 spiro atoms. The summed E-state index contributed by atoms with van der Waals surface area (Å²) >= 11 is 0. The lowest BCUT2D eigenvalue weighted by Gasteiger charge is -2.15. The van der Waals surface area contributed by atoms with E-state index in [4.69, 9.17) is 0 Å². The zero-order valence-electron chi connectivity index (χ0n) is 18.3. The second kappa shape index (κ2) is 7.19. The van der Waals surface area contributed by atoms with Crippen LogP contribution in [0.3, 0.4) is 0 Å². The number of hydrogen-bond acceptors (Lipinski definition) is 2. The molecule has 160 valence electrons. The van der Waals surface area contributed by atoms with Crippen molar-refractivity contribution in [3.05, 3.63) is 109 Å². The van der Waals surface area contributed by atoms with Crippen molar-refractivity contribution in [1.82, 2.24) is 4.57 Å². The summed E-state index contributed by atoms with van der Waals surface area (Å²) in [6.45, 7) is 0. The van der Waals surface area contributed by atoms with Gasteiger partial charge in [0.15, 0.2) is 0 Å². The maximum atomic E-state index is 10.2. The van der Waals surface area contributed by atoms with Crippen LogP contribution in [0.1, 0.15) is 0 Å². The first-order chi connectivity index (χ1) is 16.7. The Labute approximate surface area is 196 Å². The third-order valence-electron chi connectivity index (χ3n) is 6.99. The quantitative estimate of drug-likeness (QED) is 0.260. The number of para-hydroxylation sites is 2. The Morgan fingerprint density at radius 3 is 1.65 bits per heavy atom. The van der Waals surface area contributed by atoms with Crippen LogP contribution < -0.4 is 5.46 Å². The Kier molecular flexibility index (Phi) is 4.10. The Morgan fingerprint density at radius 2 is 1.00 bits per heavy atom. The number of benzene rings is 6. The van der Waals surface area contributed by atoms with Crippen LogP contribution in [0.15, 0.2) is 109 Å². The summed E-state index contributed by atoms with van der Waals surface area (Å²) in [5, 5.41) is 29.8. The summed E-state index contributed by atoms with van der Waals surface area (Å²) < 4.78 is 2.16. The van der Waals surface area contributed by atoms with E-state index in [9.17, 15) is 10.0 Å². The predicted octanol–water partition coefficient (Wildman–Crippen LogP) is 5.92. The highest BCUT2D eigenvalue weighted by Crippen LogP contribution is 2.37. The Hall–Kier alpha value is -4.12. The van der Waals surface area contributed by atoms with E-state index in [0.29, 0.717) is 5.46 Å². The van der Waals surface area contributed by atoms with Crippen molar-refractivity contribution in [2.75, 3.05) is 0 Å². The fraction of sp³-hybridized carbons (Fsp3) is 0. The minimum absolute atomic E-state index is 0.497. The molecule has 0 aliphatic heterocycles. The fourth-order valence-electron chi connectivity index (χ4n) is 5.56. The lowest BCUT2D eigenvalue weighted by atomic mass is 9.79. The Balaban J connectivity index is 1.66. The van der Waals surface area contributed by atoms with E-state index >= 15 is 0 Å². The van der Waals surface area contributed by atoms with E-state index in [1.807, 2.05) is 24.3 Å². The summed E-state index contributed by atoms with van der Waals surface area (Å²) in [7, 11) is -1.56. The van der Waals surface area contributed by atoms with Gasteiger partial charge in [0.05, 0.1) is 11.0 Å². The Bertz CT molecular complexity index is 1870. The van der Waals surface area contributed by atoms with Crippen molar-refractivity contribution in [3.8, 4) is 5.69 Å². The van der Waals surface area contributed by atoms with Crippen LogP contribution >= 0.6 is 0 Å². The van der Waals surface area contributed by atoms with Crippen molar-refractivity contribution in [3.63, 3.8) is 0 Å². The smallest absolute Gasteiger partial charge is 0.423 e. The lowest BCUT2D eigenvalue weighted by molar-refractivity contribution is 0.426. The molecule has 34 heavy (non-hydrogen) atoms. The molecule has 0 amide bonds. The van der Waals surface area contributed by atoms with E-state index in [0.717, 1.165) is 27.5 Å². The molecule has 6 aromatic carbocycles. The topological polar surface area (TPSA) is 45.4 Å². The first kappa shape index (κ1) is 19.4. The van der Waals surface area contributed by atoms with Gasteiger partial charge in [0.2, 0.25) is 0 Å². The molecule has 0 saturated heterocycles. The van der Waals surface area contributed by atoms with Crippen LogP contribution in [-0.4, -0.2) is 21.7 Å². The molecule has 0 fully saturated rings. The van der Waals surface area contributed by atoms with Crippen molar-refractivity contribution < 1.29 is 10.0 Å². The minimum Gasteiger partial charge on any atom is -0.423 e. The number of hydrogen-bond donors (Lipinski definition) is 2. The molecule has 7 rings (SSSR count). The van der Waals surface area contributed by atoms with Gasteiger partial charge in [-0.15, -0.1) is 0 Å². The highest BCUT2D eigenvalue weighted by Gasteiger charge is 2.21. The van der Waals surface area contributed by atoms with Crippen LogP contribution in [-0.2, 0) is 0 Å². The number of fused-ring (bicyclic) bond motifs is 9. The van der Waals surface area contributed by atoms with Gasteiger partial charge in [-0.3, -0.25) is 0 Å². The molecule has 2 N–H and O–H groups in total. The van der Waals surface area contributed by atoms with Gasteiger partial charge in [0.1, 0.15) is 0 Å². The lowest BCUT2D eigenvalue weighted by Crippen LogP contribution is -2.31. The number of nitrogens with zero attached hydrogens (tertiary/aromatic N) is 1. The maximum absolute atomic E-state index is 10.2. The van der Waals surface area contributed by atoms with Gasteiger partial charge in [0, 0.05) is 21.9 Å². The first-order valence-electron chi connectivity index (χ1n) is 11.4. The van der Waals surface area contributed by atoms with Gasteiger partial charge < -0.3 is 14.6 Å². The zero-order valence-corrected chi connectivity index (χ0v) is 18.3. The van der Waals surface area contributed by atoms with Crippen molar-refractivity contribution in [2.45, 2.75) is 0 Å². The molecule has 0 aliphatic rings. The first-order valence-corrected chi connectivity index (χ1v) is 11.4. The summed E-state index contributed by atoms with van der Waals surface area (Å²) in [5.74, 6) is 0. The van der Waals surface area contributed by atoms with E-state index in [2.05, 4.69) is 83.4 Å². The van der Waals surface area contributed by atoms with Crippen molar-refractivity contribution in [1.29, 1.82) is 0 Å². The molecule has 4 heteroatoms. The number of rotatable bonds is 2. The van der Waals surface area contributed by atoms with Crippen LogP contribution in [0.4, 0.5) is 0 Å². The van der Waals surface area contributed by atoms with Gasteiger partial charge >= 0.3 is 7.12 Å². The summed E-state index contributed by atoms with van der Waals surface area (Å²) in [4.78, 5) is 0. The van der Waals surface area contributed by atoms with E-state index in [-0.39, 0.29) is 0 Å². The highest BCUT2D eigenvalue weighted by atomic mass is 16.4. The molecule has 0 aliphatic carbocycles. The van der Waals surface area contributed by atoms with Gasteiger partial charge in [-0.2, -0.15) is 0 Å². The third-order valence-corrected chi connectivity index (χ3v) is 6.99. The SMILES string of the molecule is OB(O)c1cccc2c3ccccc3n(-c3ccc4c5ccccc5c5ccccc5c4c3)c12. The van der Waals surface area contributed by atoms with Gasteiger partial charge in [-0.05, 0) is 50.5 Å². The van der Waals surface area contributed by atoms with Crippen molar-refractivity contribution >= 4 is 66.7 Å². The third kappa shape index (κ3) is 2.61. The maximum Gasteiger partial charge on any atom is 0.490 e. The highest BCUT2D eigenvalue weighted by molar-refractivity contribution is 6.62. The molecule has 0 bridgehead atoms. The van der Waals surface area contributed by atoms with Crippen LogP contribution in [0.2, 0.25) is 0 Å². The normalized spacial score (nSPS) is 11.8. The average molecular weight is 437 g/mol. The van der Waals surface area contributed by atoms with Gasteiger partial charge in [-0.1, -0.05) is 91.0 Å². The fourth-order valence-corrected chi connectivity index (χ4v) is 5.56. The molecule has 1 heterocycles. The number of aromatic nitrogens is 1. The molecular formula is C30H20BNO2. The Morgan fingerprint density at radius 1 is 0.471 bits per heavy atom. The van der Waals surface area contributed by atoms with Crippen LogP contribution in [0.5, 0.6) is 0 Å². The summed E-state index contributed by atoms with van der Waals surface area (Å²) in [6.07, 6.45) is 0. The monoisotopic (exact) mass is 437 g/mol. The summed E-state index contributed by atoms with van der Waals surface area (Å²) in [5.41, 5.74) is 3.35. The minimum atomic E-state index is -1.56. The van der Waals surface area contributed by atoms with E-state index < -0.39 is 7.12 Å². The largest absolute Gasteiger partial charge is 0.490 e. The van der Waals surface area contributed by atoms with Crippen LogP contribution in [0, 0.1) is 0 Å². The van der Waals surface area contributed by atoms with E-state index in [1.165, 1.54) is 32.3 Å². The zero-order chi connectivity index (χ0) is 22.8. The summed E-state index contributed by atoms with van der Waals surface area (Å²) in [6, 6.07) is 37.6. The molecular weight excluding hydrogens is 417 g/mol. The van der Waals surface area contributed by atoms with Crippen LogP contribution in [0.25, 0.3) is 59.8 Å². The molecule has 0 atom stereocenters. The second-order valence-electron chi connectivity index (χ2n) is 8.79. The molecule has 7 aromatic rings. The van der Waals surface area contributed by atoms with Gasteiger partial charge in [0.25, 0.3) is 0 Å². The molecule has 0 radical (unpaired) electrons. The second-order valence-corrected chi connectivity index (χ2v) is 8.79. The standard InChI is InChI=1S/C30H20BNO2/c33-31(34)28-14-7-13-26-25-12-5-6-15-29(25)32(30(26)28)19-16-17-24-22-10-2-1-8-20(22)21-9-3-4-11-23(21)27(24)18-19/h1-18,33-34H. The van der Waals surface area contributed by atoms with Gasteiger partial charge in [-0.25, -0.2) is 0 Å². The average Bonchev–Trinajstić information content (AvgIpc) is 3.23.